The molecule has 6 heteroatoms. The van der Waals surface area contributed by atoms with E-state index in [9.17, 15) is 9.90 Å². The summed E-state index contributed by atoms with van der Waals surface area (Å²) >= 11 is -0.914. The summed E-state index contributed by atoms with van der Waals surface area (Å²) < 4.78 is 12.8. The first-order valence-corrected chi connectivity index (χ1v) is 14.2. The maximum atomic E-state index is 11.6. The van der Waals surface area contributed by atoms with Crippen LogP contribution in [0.3, 0.4) is 0 Å². The second kappa shape index (κ2) is 9.73. The van der Waals surface area contributed by atoms with E-state index in [1.54, 1.807) is 0 Å². The van der Waals surface area contributed by atoms with E-state index in [2.05, 4.69) is 18.0 Å². The van der Waals surface area contributed by atoms with Gasteiger partial charge in [0.05, 0.1) is 0 Å². The molecule has 31 heavy (non-hydrogen) atoms. The van der Waals surface area contributed by atoms with Crippen molar-refractivity contribution in [1.29, 1.82) is 0 Å². The number of oxazole rings is 1. The molecule has 2 aromatic heterocycles. The van der Waals surface area contributed by atoms with Crippen LogP contribution < -0.4 is 0 Å². The monoisotopic (exact) mass is 523 g/mol. The van der Waals surface area contributed by atoms with Gasteiger partial charge in [0.15, 0.2) is 0 Å². The Morgan fingerprint density at radius 1 is 1.13 bits per heavy atom. The van der Waals surface area contributed by atoms with E-state index in [4.69, 9.17) is 8.83 Å². The fraction of sp³-hybridized carbons (Fsp3) is 0.280. The van der Waals surface area contributed by atoms with Gasteiger partial charge in [-0.2, -0.15) is 0 Å². The summed E-state index contributed by atoms with van der Waals surface area (Å²) in [6.45, 7) is 4.04. The van der Waals surface area contributed by atoms with Crippen LogP contribution in [0.2, 0.25) is 8.37 Å². The van der Waals surface area contributed by atoms with Crippen LogP contribution in [0.1, 0.15) is 36.1 Å². The Kier molecular flexibility index (Phi) is 6.80. The van der Waals surface area contributed by atoms with E-state index in [0.29, 0.717) is 18.7 Å². The molecule has 0 amide bonds. The molecule has 0 saturated heterocycles. The van der Waals surface area contributed by atoms with Crippen molar-refractivity contribution in [2.24, 2.45) is 0 Å². The Hall–Kier alpha value is -2.54. The summed E-state index contributed by atoms with van der Waals surface area (Å²) in [6, 6.07) is 17.9. The van der Waals surface area contributed by atoms with Crippen molar-refractivity contribution in [2.75, 3.05) is 0 Å². The zero-order chi connectivity index (χ0) is 21.8. The van der Waals surface area contributed by atoms with Crippen molar-refractivity contribution in [3.05, 3.63) is 77.4 Å². The van der Waals surface area contributed by atoms with Gasteiger partial charge < -0.3 is 0 Å². The molecule has 5 nitrogen and oxygen atoms in total. The number of fused-ring (bicyclic) bond motifs is 1. The number of benzene rings is 2. The number of rotatable bonds is 9. The molecule has 2 heterocycles. The number of carboxylic acid groups (broad SMARTS) is 1. The SMILES string of the molecule is CC[CH2][Sn][CH](Cc1ccc2oc(Cc3nc(-c4ccccc4)oc3C)cc2c1)C(=O)O. The van der Waals surface area contributed by atoms with E-state index in [-0.39, 0.29) is 3.93 Å². The Morgan fingerprint density at radius 3 is 2.68 bits per heavy atom. The van der Waals surface area contributed by atoms with Gasteiger partial charge in [0.25, 0.3) is 0 Å². The molecule has 4 aromatic rings. The number of hydrogen-bond donors (Lipinski definition) is 1. The third kappa shape index (κ3) is 5.21. The predicted octanol–water partition coefficient (Wildman–Crippen LogP) is 5.94. The van der Waals surface area contributed by atoms with Crippen LogP contribution in [0.4, 0.5) is 0 Å². The van der Waals surface area contributed by atoms with Crippen molar-refractivity contribution >= 4 is 38.1 Å². The number of hydrogen-bond acceptors (Lipinski definition) is 4. The van der Waals surface area contributed by atoms with Crippen LogP contribution in [-0.2, 0) is 17.6 Å². The Balaban J connectivity index is 1.52. The van der Waals surface area contributed by atoms with Crippen LogP contribution in [0.15, 0.2) is 63.4 Å². The fourth-order valence-electron chi connectivity index (χ4n) is 3.62. The Bertz CT molecular complexity index is 1180. The van der Waals surface area contributed by atoms with Gasteiger partial charge in [-0.3, -0.25) is 0 Å². The molecule has 0 aliphatic heterocycles. The fourth-order valence-corrected chi connectivity index (χ4v) is 7.03. The first-order chi connectivity index (χ1) is 15.0. The molecule has 2 aromatic carbocycles. The Morgan fingerprint density at radius 2 is 1.94 bits per heavy atom. The molecule has 0 aliphatic carbocycles. The number of aromatic nitrogens is 1. The summed E-state index contributed by atoms with van der Waals surface area (Å²) in [5.74, 6) is 1.57. The predicted molar refractivity (Wildman–Crippen MR) is 122 cm³/mol. The minimum atomic E-state index is -0.914. The van der Waals surface area contributed by atoms with Crippen LogP contribution in [0.25, 0.3) is 22.4 Å². The average molecular weight is 522 g/mol. The van der Waals surface area contributed by atoms with Gasteiger partial charge in [-0.25, -0.2) is 0 Å². The van der Waals surface area contributed by atoms with E-state index in [1.165, 1.54) is 0 Å². The quantitative estimate of drug-likeness (QED) is 0.276. The zero-order valence-corrected chi connectivity index (χ0v) is 20.6. The number of nitrogens with zero attached hydrogens (tertiary/aromatic N) is 1. The van der Waals surface area contributed by atoms with Gasteiger partial charge in [-0.1, -0.05) is 18.2 Å². The molecule has 0 fully saturated rings. The summed E-state index contributed by atoms with van der Waals surface area (Å²) in [6.07, 6.45) is 2.24. The van der Waals surface area contributed by atoms with Gasteiger partial charge in [0.1, 0.15) is 0 Å². The summed E-state index contributed by atoms with van der Waals surface area (Å²) in [5.41, 5.74) is 3.68. The van der Waals surface area contributed by atoms with Crippen molar-refractivity contribution in [3.8, 4) is 11.5 Å². The van der Waals surface area contributed by atoms with Gasteiger partial charge in [0, 0.05) is 0 Å². The molecule has 2 radical (unpaired) electrons. The zero-order valence-electron chi connectivity index (χ0n) is 17.7. The number of carbonyl (C=O) groups is 1. The van der Waals surface area contributed by atoms with Gasteiger partial charge in [-0.05, 0) is 12.1 Å². The third-order valence-corrected chi connectivity index (χ3v) is 10.2. The topological polar surface area (TPSA) is 76.5 Å². The maximum absolute atomic E-state index is 11.6. The average Bonchev–Trinajstić information content (AvgIpc) is 3.34. The molecule has 0 spiro atoms. The normalized spacial score (nSPS) is 12.3. The van der Waals surface area contributed by atoms with Crippen LogP contribution >= 0.6 is 0 Å². The number of aliphatic carboxylic acids is 1. The van der Waals surface area contributed by atoms with Crippen LogP contribution in [-0.4, -0.2) is 37.2 Å². The molecule has 158 valence electrons. The summed E-state index contributed by atoms with van der Waals surface area (Å²) in [5, 5.41) is 10.6. The second-order valence-electron chi connectivity index (χ2n) is 7.70. The van der Waals surface area contributed by atoms with Crippen LogP contribution in [0, 0.1) is 6.92 Å². The molecule has 4 rings (SSSR count). The standard InChI is InChI=1S/C22H18NO4.C3H7.Sn/c1-14-19(23-22(26-14)16-5-3-2-4-6-16)13-18-12-17-11-15(8-10-21(24)25)7-9-20(17)27-18;1-3-2;/h2-7,9-12H,8,13H2,1H3,(H,24,25);1,3H2,2H3;. The third-order valence-electron chi connectivity index (χ3n) is 5.27. The van der Waals surface area contributed by atoms with Gasteiger partial charge >= 0.3 is 162 Å². The van der Waals surface area contributed by atoms with Crippen molar-refractivity contribution in [1.82, 2.24) is 4.98 Å². The molecule has 1 unspecified atom stereocenters. The molecule has 0 bridgehead atoms. The first-order valence-electron chi connectivity index (χ1n) is 10.5. The minimum absolute atomic E-state index is 0.179. The molecule has 1 atom stereocenters. The van der Waals surface area contributed by atoms with E-state index in [0.717, 1.165) is 50.2 Å². The summed E-state index contributed by atoms with van der Waals surface area (Å²) in [7, 11) is 0. The number of carboxylic acids is 1. The van der Waals surface area contributed by atoms with Crippen LogP contribution in [0.5, 0.6) is 0 Å². The van der Waals surface area contributed by atoms with Crippen molar-refractivity contribution in [2.45, 2.75) is 41.5 Å². The number of furan rings is 1. The van der Waals surface area contributed by atoms with E-state index >= 15 is 0 Å². The molecule has 0 aliphatic rings. The first kappa shape index (κ1) is 21.7. The number of aryl methyl sites for hydroxylation is 1. The van der Waals surface area contributed by atoms with Crippen molar-refractivity contribution in [3.63, 3.8) is 0 Å². The van der Waals surface area contributed by atoms with E-state index < -0.39 is 27.1 Å². The second-order valence-corrected chi connectivity index (χ2v) is 12.3. The molecule has 0 saturated carbocycles. The molecule has 1 N–H and O–H groups in total. The van der Waals surface area contributed by atoms with Gasteiger partial charge in [0.2, 0.25) is 0 Å². The molecular formula is C25H25NO4Sn. The van der Waals surface area contributed by atoms with E-state index in [1.807, 2.05) is 55.5 Å². The Labute approximate surface area is 191 Å². The summed E-state index contributed by atoms with van der Waals surface area (Å²) in [4.78, 5) is 16.3. The van der Waals surface area contributed by atoms with Crippen molar-refractivity contribution < 1.29 is 18.7 Å². The molecular weight excluding hydrogens is 497 g/mol. The van der Waals surface area contributed by atoms with Gasteiger partial charge in [-0.15, -0.1) is 0 Å².